The Morgan fingerprint density at radius 2 is 1.91 bits per heavy atom. The molecule has 168 valence electrons. The van der Waals surface area contributed by atoms with E-state index in [2.05, 4.69) is 30.6 Å². The van der Waals surface area contributed by atoms with E-state index >= 15 is 0 Å². The fourth-order valence-corrected chi connectivity index (χ4v) is 3.76. The Balaban J connectivity index is 1.36. The van der Waals surface area contributed by atoms with Gasteiger partial charge >= 0.3 is 0 Å². The first-order chi connectivity index (χ1) is 16.5. The van der Waals surface area contributed by atoms with E-state index in [4.69, 9.17) is 0 Å². The first kappa shape index (κ1) is 21.1. The van der Waals surface area contributed by atoms with Gasteiger partial charge < -0.3 is 10.3 Å². The van der Waals surface area contributed by atoms with Gasteiger partial charge in [0.1, 0.15) is 11.5 Å². The molecule has 9 nitrogen and oxygen atoms in total. The molecule has 3 aromatic heterocycles. The fourth-order valence-electron chi connectivity index (χ4n) is 3.76. The molecule has 3 heterocycles. The van der Waals surface area contributed by atoms with Crippen LogP contribution in [0.3, 0.4) is 0 Å². The summed E-state index contributed by atoms with van der Waals surface area (Å²) in [4.78, 5) is 32.9. The van der Waals surface area contributed by atoms with Gasteiger partial charge in [-0.3, -0.25) is 19.4 Å². The lowest BCUT2D eigenvalue weighted by Gasteiger charge is -2.08. The zero-order valence-electron chi connectivity index (χ0n) is 18.5. The molecule has 34 heavy (non-hydrogen) atoms. The van der Waals surface area contributed by atoms with Crippen LogP contribution in [0.15, 0.2) is 60.9 Å². The Morgan fingerprint density at radius 3 is 2.68 bits per heavy atom. The van der Waals surface area contributed by atoms with Crippen LogP contribution in [0.4, 0.5) is 5.69 Å². The number of nitrogens with one attached hydrogen (secondary N) is 3. The molecule has 0 atom stereocenters. The van der Waals surface area contributed by atoms with Crippen molar-refractivity contribution in [3.05, 3.63) is 95.0 Å². The van der Waals surface area contributed by atoms with Crippen LogP contribution < -0.4 is 5.32 Å². The van der Waals surface area contributed by atoms with Crippen molar-refractivity contribution in [3.63, 3.8) is 0 Å². The molecule has 2 aromatic carbocycles. The summed E-state index contributed by atoms with van der Waals surface area (Å²) in [7, 11) is 1.71. The second kappa shape index (κ2) is 8.62. The van der Waals surface area contributed by atoms with Gasteiger partial charge in [0.2, 0.25) is 0 Å². The number of hydrogen-bond donors (Lipinski definition) is 3. The van der Waals surface area contributed by atoms with Gasteiger partial charge in [-0.05, 0) is 49.4 Å². The van der Waals surface area contributed by atoms with E-state index in [1.54, 1.807) is 61.9 Å². The first-order valence-corrected chi connectivity index (χ1v) is 10.6. The van der Waals surface area contributed by atoms with Crippen LogP contribution in [0.25, 0.3) is 23.1 Å². The molecule has 1 amide bonds. The number of imidazole rings is 1. The van der Waals surface area contributed by atoms with Crippen molar-refractivity contribution in [3.8, 4) is 0 Å². The number of rotatable bonds is 6. The predicted octanol–water partition coefficient (Wildman–Crippen LogP) is 3.98. The summed E-state index contributed by atoms with van der Waals surface area (Å²) < 4.78 is 1.53. The molecule has 0 aliphatic heterocycles. The number of fused-ring (bicyclic) bond motifs is 1. The maximum absolute atomic E-state index is 13.2. The lowest BCUT2D eigenvalue weighted by Crippen LogP contribution is -2.16. The van der Waals surface area contributed by atoms with Gasteiger partial charge in [-0.15, -0.1) is 0 Å². The molecule has 0 unspecified atom stereocenters. The molecular formula is C25H21N7O2. The van der Waals surface area contributed by atoms with Crippen molar-refractivity contribution in [2.75, 3.05) is 5.32 Å². The van der Waals surface area contributed by atoms with Crippen LogP contribution in [0.5, 0.6) is 0 Å². The third-order valence-electron chi connectivity index (χ3n) is 5.39. The monoisotopic (exact) mass is 451 g/mol. The molecule has 0 saturated carbocycles. The summed E-state index contributed by atoms with van der Waals surface area (Å²) >= 11 is 0. The van der Waals surface area contributed by atoms with Crippen LogP contribution >= 0.6 is 0 Å². The summed E-state index contributed by atoms with van der Waals surface area (Å²) in [6, 6.07) is 14.0. The Morgan fingerprint density at radius 1 is 1.06 bits per heavy atom. The first-order valence-electron chi connectivity index (χ1n) is 10.6. The number of carbonyl (C=O) groups excluding carboxylic acids is 2. The Kier molecular flexibility index (Phi) is 5.35. The fraction of sp³-hybridized carbons (Fsp3) is 0.0800. The van der Waals surface area contributed by atoms with Gasteiger partial charge in [-0.2, -0.15) is 10.2 Å². The summed E-state index contributed by atoms with van der Waals surface area (Å²) in [5.41, 5.74) is 4.21. The van der Waals surface area contributed by atoms with E-state index < -0.39 is 0 Å². The number of H-pyrrole nitrogens is 2. The molecule has 0 aliphatic rings. The number of anilines is 1. The quantitative estimate of drug-likeness (QED) is 0.337. The number of carbonyl (C=O) groups is 2. The van der Waals surface area contributed by atoms with E-state index in [0.29, 0.717) is 22.5 Å². The number of aryl methyl sites for hydroxylation is 2. The van der Waals surface area contributed by atoms with Gasteiger partial charge in [0, 0.05) is 41.6 Å². The van der Waals surface area contributed by atoms with Crippen molar-refractivity contribution < 1.29 is 9.59 Å². The highest BCUT2D eigenvalue weighted by atomic mass is 16.2. The van der Waals surface area contributed by atoms with Crippen molar-refractivity contribution in [2.24, 2.45) is 7.05 Å². The van der Waals surface area contributed by atoms with E-state index in [0.717, 1.165) is 28.1 Å². The number of ketones is 1. The van der Waals surface area contributed by atoms with Crippen molar-refractivity contribution in [2.45, 2.75) is 6.92 Å². The van der Waals surface area contributed by atoms with Crippen LogP contribution in [0, 0.1) is 6.92 Å². The number of nitrogens with zero attached hydrogens (tertiary/aromatic N) is 4. The molecule has 9 heteroatoms. The number of hydrogen-bond acceptors (Lipinski definition) is 5. The second-order valence-electron chi connectivity index (χ2n) is 7.84. The number of aromatic nitrogens is 6. The lowest BCUT2D eigenvalue weighted by atomic mass is 10.0. The van der Waals surface area contributed by atoms with E-state index in [1.807, 2.05) is 25.1 Å². The molecular weight excluding hydrogens is 430 g/mol. The van der Waals surface area contributed by atoms with Crippen LogP contribution in [-0.2, 0) is 7.05 Å². The highest BCUT2D eigenvalue weighted by molar-refractivity contribution is 6.12. The summed E-state index contributed by atoms with van der Waals surface area (Å²) in [5.74, 6) is 0.284. The lowest BCUT2D eigenvalue weighted by molar-refractivity contribution is 0.101. The van der Waals surface area contributed by atoms with Gasteiger partial charge in [0.25, 0.3) is 5.91 Å². The van der Waals surface area contributed by atoms with E-state index in [1.165, 1.54) is 4.68 Å². The SMILES string of the molecule is Cc1cc(C(=O)Nc2cccc(C(=O)c3ccc4c(/C=C/c5ncc[nH]5)n[nH]c4c3)c2)n(C)n1. The Hall–Kier alpha value is -4.79. The minimum atomic E-state index is -0.290. The van der Waals surface area contributed by atoms with Crippen LogP contribution in [0.1, 0.15) is 43.6 Å². The zero-order chi connectivity index (χ0) is 23.7. The molecule has 0 radical (unpaired) electrons. The topological polar surface area (TPSA) is 121 Å². The maximum Gasteiger partial charge on any atom is 0.273 e. The Labute approximate surface area is 194 Å². The normalized spacial score (nSPS) is 11.4. The number of aromatic amines is 2. The zero-order valence-corrected chi connectivity index (χ0v) is 18.5. The minimum absolute atomic E-state index is 0.156. The summed E-state index contributed by atoms with van der Waals surface area (Å²) in [6.45, 7) is 1.82. The van der Waals surface area contributed by atoms with Gasteiger partial charge in [0.15, 0.2) is 5.78 Å². The largest absolute Gasteiger partial charge is 0.345 e. The molecule has 5 rings (SSSR count). The second-order valence-corrected chi connectivity index (χ2v) is 7.84. The number of amides is 1. The van der Waals surface area contributed by atoms with Crippen molar-refractivity contribution in [1.29, 1.82) is 0 Å². The molecule has 3 N–H and O–H groups in total. The maximum atomic E-state index is 13.2. The van der Waals surface area contributed by atoms with Crippen LogP contribution in [0.2, 0.25) is 0 Å². The average molecular weight is 451 g/mol. The van der Waals surface area contributed by atoms with E-state index in [-0.39, 0.29) is 11.7 Å². The molecule has 0 bridgehead atoms. The number of benzene rings is 2. The standard InChI is InChI=1S/C25H21N7O2/c1-15-12-22(32(2)31-15)25(34)28-18-5-3-4-16(13-18)24(33)17-6-7-19-20(29-30-21(19)14-17)8-9-23-26-10-11-27-23/h3-14H,1-2H3,(H,26,27)(H,28,34)(H,29,30)/b9-8+. The predicted molar refractivity (Wildman–Crippen MR) is 129 cm³/mol. The molecule has 5 aromatic rings. The minimum Gasteiger partial charge on any atom is -0.345 e. The van der Waals surface area contributed by atoms with Crippen molar-refractivity contribution >= 4 is 40.4 Å². The van der Waals surface area contributed by atoms with Gasteiger partial charge in [-0.25, -0.2) is 4.98 Å². The highest BCUT2D eigenvalue weighted by Gasteiger charge is 2.15. The summed E-state index contributed by atoms with van der Waals surface area (Å²) in [5, 5.41) is 15.2. The van der Waals surface area contributed by atoms with Gasteiger partial charge in [0.05, 0.1) is 16.9 Å². The third kappa shape index (κ3) is 4.14. The smallest absolute Gasteiger partial charge is 0.273 e. The summed E-state index contributed by atoms with van der Waals surface area (Å²) in [6.07, 6.45) is 7.12. The van der Waals surface area contributed by atoms with Crippen LogP contribution in [-0.4, -0.2) is 41.6 Å². The molecule has 0 spiro atoms. The highest BCUT2D eigenvalue weighted by Crippen LogP contribution is 2.22. The molecule has 0 fully saturated rings. The van der Waals surface area contributed by atoms with Gasteiger partial charge in [-0.1, -0.05) is 18.2 Å². The van der Waals surface area contributed by atoms with E-state index in [9.17, 15) is 9.59 Å². The molecule has 0 aliphatic carbocycles. The molecule has 0 saturated heterocycles. The average Bonchev–Trinajstić information content (AvgIpc) is 3.57. The third-order valence-corrected chi connectivity index (χ3v) is 5.39. The van der Waals surface area contributed by atoms with Crippen molar-refractivity contribution in [1.82, 2.24) is 29.9 Å². The Bertz CT molecular complexity index is 1540.